The minimum Gasteiger partial charge on any atom is -0.456 e. The molecular formula is C13H12BrN3O2. The average Bonchev–Trinajstić information content (AvgIpc) is 2.39. The maximum atomic E-state index is 11.7. The molecule has 0 bridgehead atoms. The van der Waals surface area contributed by atoms with Crippen molar-refractivity contribution in [3.63, 3.8) is 0 Å². The summed E-state index contributed by atoms with van der Waals surface area (Å²) in [7, 11) is 0. The van der Waals surface area contributed by atoms with E-state index < -0.39 is 0 Å². The number of hydrogen-bond donors (Lipinski definition) is 1. The van der Waals surface area contributed by atoms with Gasteiger partial charge in [0.15, 0.2) is 0 Å². The van der Waals surface area contributed by atoms with E-state index >= 15 is 0 Å². The maximum absolute atomic E-state index is 11.7. The number of nitrogens with one attached hydrogen (secondary N) is 1. The van der Waals surface area contributed by atoms with Gasteiger partial charge in [-0.05, 0) is 35.0 Å². The van der Waals surface area contributed by atoms with E-state index in [1.807, 2.05) is 6.92 Å². The van der Waals surface area contributed by atoms with E-state index in [0.717, 1.165) is 4.47 Å². The fourth-order valence-corrected chi connectivity index (χ4v) is 1.78. The van der Waals surface area contributed by atoms with Gasteiger partial charge in [-0.25, -0.2) is 0 Å². The lowest BCUT2D eigenvalue weighted by Gasteiger charge is -2.07. The second kappa shape index (κ2) is 6.29. The first-order valence-electron chi connectivity index (χ1n) is 5.71. The van der Waals surface area contributed by atoms with Crippen LogP contribution in [0.15, 0.2) is 41.3 Å². The highest BCUT2D eigenvalue weighted by molar-refractivity contribution is 9.10. The van der Waals surface area contributed by atoms with Gasteiger partial charge in [0.1, 0.15) is 17.2 Å². The summed E-state index contributed by atoms with van der Waals surface area (Å²) in [6, 6.07) is 5.06. The number of carbonyl (C=O) groups excluding carboxylic acids is 1. The van der Waals surface area contributed by atoms with E-state index in [1.165, 1.54) is 6.20 Å². The Hall–Kier alpha value is -1.95. The van der Waals surface area contributed by atoms with Crippen LogP contribution in [-0.2, 0) is 0 Å². The van der Waals surface area contributed by atoms with Crippen LogP contribution in [0.2, 0.25) is 0 Å². The van der Waals surface area contributed by atoms with Gasteiger partial charge in [-0.1, -0.05) is 0 Å². The van der Waals surface area contributed by atoms with Crippen LogP contribution in [0.1, 0.15) is 17.4 Å². The lowest BCUT2D eigenvalue weighted by Crippen LogP contribution is -2.23. The lowest BCUT2D eigenvalue weighted by atomic mass is 10.3. The van der Waals surface area contributed by atoms with Crippen LogP contribution in [0.5, 0.6) is 11.5 Å². The zero-order valence-electron chi connectivity index (χ0n) is 10.3. The Morgan fingerprint density at radius 3 is 2.95 bits per heavy atom. The van der Waals surface area contributed by atoms with Crippen molar-refractivity contribution >= 4 is 21.8 Å². The third kappa shape index (κ3) is 3.75. The number of amides is 1. The first-order valence-corrected chi connectivity index (χ1v) is 6.51. The summed E-state index contributed by atoms with van der Waals surface area (Å²) < 4.78 is 6.44. The normalized spacial score (nSPS) is 10.0. The topological polar surface area (TPSA) is 64.1 Å². The summed E-state index contributed by atoms with van der Waals surface area (Å²) in [5.74, 6) is 0.902. The zero-order valence-corrected chi connectivity index (χ0v) is 11.8. The molecule has 2 rings (SSSR count). The number of carbonyl (C=O) groups is 1. The van der Waals surface area contributed by atoms with Crippen molar-refractivity contribution in [3.05, 3.63) is 47.0 Å². The van der Waals surface area contributed by atoms with Gasteiger partial charge in [-0.15, -0.1) is 0 Å². The largest absolute Gasteiger partial charge is 0.456 e. The molecule has 5 nitrogen and oxygen atoms in total. The lowest BCUT2D eigenvalue weighted by molar-refractivity contribution is 0.0950. The Kier molecular flexibility index (Phi) is 4.46. The number of ether oxygens (including phenoxy) is 1. The summed E-state index contributed by atoms with van der Waals surface area (Å²) in [4.78, 5) is 19.7. The van der Waals surface area contributed by atoms with Gasteiger partial charge in [0.2, 0.25) is 0 Å². The van der Waals surface area contributed by atoms with Crippen molar-refractivity contribution in [2.75, 3.05) is 6.54 Å². The molecule has 0 radical (unpaired) electrons. The minimum absolute atomic E-state index is 0.222. The van der Waals surface area contributed by atoms with Crippen LogP contribution >= 0.6 is 15.9 Å². The quantitative estimate of drug-likeness (QED) is 0.940. The number of nitrogens with zero attached hydrogens (tertiary/aromatic N) is 2. The van der Waals surface area contributed by atoms with Gasteiger partial charge in [-0.3, -0.25) is 14.8 Å². The summed E-state index contributed by atoms with van der Waals surface area (Å²) >= 11 is 3.31. The summed E-state index contributed by atoms with van der Waals surface area (Å²) in [5, 5.41) is 2.69. The van der Waals surface area contributed by atoms with Crippen LogP contribution in [0.3, 0.4) is 0 Å². The Balaban J connectivity index is 2.17. The number of halogens is 1. The third-order valence-corrected chi connectivity index (χ3v) is 2.65. The van der Waals surface area contributed by atoms with Gasteiger partial charge in [0, 0.05) is 29.5 Å². The molecule has 0 unspecified atom stereocenters. The monoisotopic (exact) mass is 321 g/mol. The summed E-state index contributed by atoms with van der Waals surface area (Å²) in [6.07, 6.45) is 4.79. The fraction of sp³-hybridized carbons (Fsp3) is 0.154. The second-order valence-corrected chi connectivity index (χ2v) is 4.59. The molecule has 2 aromatic rings. The smallest absolute Gasteiger partial charge is 0.270 e. The van der Waals surface area contributed by atoms with Crippen molar-refractivity contribution in [1.29, 1.82) is 0 Å². The first-order chi connectivity index (χ1) is 9.19. The Labute approximate surface area is 119 Å². The standard InChI is InChI=1S/C13H12BrN3O2/c1-2-16-13(18)12-6-10(3-4-17-12)19-11-5-9(14)7-15-8-11/h3-8H,2H2,1H3,(H,16,18). The van der Waals surface area contributed by atoms with E-state index in [-0.39, 0.29) is 5.91 Å². The van der Waals surface area contributed by atoms with Crippen LogP contribution < -0.4 is 10.1 Å². The van der Waals surface area contributed by atoms with E-state index in [4.69, 9.17) is 4.74 Å². The molecule has 19 heavy (non-hydrogen) atoms. The molecule has 6 heteroatoms. The molecule has 1 N–H and O–H groups in total. The molecule has 98 valence electrons. The highest BCUT2D eigenvalue weighted by atomic mass is 79.9. The number of hydrogen-bond acceptors (Lipinski definition) is 4. The molecule has 0 aliphatic rings. The van der Waals surface area contributed by atoms with E-state index in [2.05, 4.69) is 31.2 Å². The molecule has 2 aromatic heterocycles. The SMILES string of the molecule is CCNC(=O)c1cc(Oc2cncc(Br)c2)ccn1. The molecular weight excluding hydrogens is 310 g/mol. The molecule has 1 amide bonds. The maximum Gasteiger partial charge on any atom is 0.270 e. The molecule has 0 saturated heterocycles. The highest BCUT2D eigenvalue weighted by Crippen LogP contribution is 2.23. The molecule has 0 spiro atoms. The van der Waals surface area contributed by atoms with Crippen molar-refractivity contribution < 1.29 is 9.53 Å². The Morgan fingerprint density at radius 1 is 1.37 bits per heavy atom. The fourth-order valence-electron chi connectivity index (χ4n) is 1.43. The van der Waals surface area contributed by atoms with Crippen molar-refractivity contribution in [2.45, 2.75) is 6.92 Å². The minimum atomic E-state index is -0.222. The summed E-state index contributed by atoms with van der Waals surface area (Å²) in [6.45, 7) is 2.41. The van der Waals surface area contributed by atoms with Crippen LogP contribution in [0.4, 0.5) is 0 Å². The molecule has 0 aliphatic heterocycles. The predicted octanol–water partition coefficient (Wildman–Crippen LogP) is 2.78. The van der Waals surface area contributed by atoms with E-state index in [0.29, 0.717) is 23.7 Å². The molecule has 0 aliphatic carbocycles. The first kappa shape index (κ1) is 13.5. The third-order valence-electron chi connectivity index (χ3n) is 2.22. The van der Waals surface area contributed by atoms with Gasteiger partial charge >= 0.3 is 0 Å². The highest BCUT2D eigenvalue weighted by Gasteiger charge is 2.07. The molecule has 2 heterocycles. The van der Waals surface area contributed by atoms with Gasteiger partial charge in [-0.2, -0.15) is 0 Å². The van der Waals surface area contributed by atoms with Crippen molar-refractivity contribution in [3.8, 4) is 11.5 Å². The number of aromatic nitrogens is 2. The predicted molar refractivity (Wildman–Crippen MR) is 74.3 cm³/mol. The number of pyridine rings is 2. The van der Waals surface area contributed by atoms with Crippen LogP contribution in [0.25, 0.3) is 0 Å². The van der Waals surface area contributed by atoms with E-state index in [1.54, 1.807) is 30.6 Å². The van der Waals surface area contributed by atoms with Gasteiger partial charge < -0.3 is 10.1 Å². The Bertz CT molecular complexity index is 590. The van der Waals surface area contributed by atoms with Gasteiger partial charge in [0.25, 0.3) is 5.91 Å². The molecule has 0 aromatic carbocycles. The molecule has 0 fully saturated rings. The van der Waals surface area contributed by atoms with Gasteiger partial charge in [0.05, 0.1) is 6.20 Å². The van der Waals surface area contributed by atoms with Crippen molar-refractivity contribution in [2.24, 2.45) is 0 Å². The van der Waals surface area contributed by atoms with Crippen molar-refractivity contribution in [1.82, 2.24) is 15.3 Å². The average molecular weight is 322 g/mol. The summed E-state index contributed by atoms with van der Waals surface area (Å²) in [5.41, 5.74) is 0.322. The van der Waals surface area contributed by atoms with E-state index in [9.17, 15) is 4.79 Å². The zero-order chi connectivity index (χ0) is 13.7. The molecule has 0 atom stereocenters. The molecule has 0 saturated carbocycles. The number of rotatable bonds is 4. The second-order valence-electron chi connectivity index (χ2n) is 3.68. The Morgan fingerprint density at radius 2 is 2.21 bits per heavy atom. The van der Waals surface area contributed by atoms with Crippen LogP contribution in [-0.4, -0.2) is 22.4 Å². The van der Waals surface area contributed by atoms with Crippen LogP contribution in [0, 0.1) is 0 Å².